The molecule has 0 atom stereocenters. The normalized spacial score (nSPS) is 19.9. The Labute approximate surface area is 149 Å². The SMILES string of the molecule is O=C(NCCN1C(=O)SC(=Cc2ccccc2F)C1=O)C1CCCC1. The van der Waals surface area contributed by atoms with Crippen LogP contribution in [0.15, 0.2) is 29.2 Å². The first-order chi connectivity index (χ1) is 12.1. The van der Waals surface area contributed by atoms with Crippen molar-refractivity contribution in [2.24, 2.45) is 5.92 Å². The molecule has 2 aliphatic rings. The fourth-order valence-corrected chi connectivity index (χ4v) is 3.91. The van der Waals surface area contributed by atoms with E-state index < -0.39 is 17.0 Å². The topological polar surface area (TPSA) is 66.5 Å². The third-order valence-electron chi connectivity index (χ3n) is 4.43. The van der Waals surface area contributed by atoms with Crippen LogP contribution in [0.1, 0.15) is 31.2 Å². The molecule has 1 saturated carbocycles. The number of benzene rings is 1. The number of thioether (sulfide) groups is 1. The molecule has 132 valence electrons. The van der Waals surface area contributed by atoms with Crippen molar-refractivity contribution >= 4 is 34.9 Å². The average molecular weight is 362 g/mol. The maximum Gasteiger partial charge on any atom is 0.293 e. The zero-order valence-electron chi connectivity index (χ0n) is 13.7. The maximum absolute atomic E-state index is 13.7. The minimum atomic E-state index is -0.451. The lowest BCUT2D eigenvalue weighted by molar-refractivity contribution is -0.126. The van der Waals surface area contributed by atoms with Gasteiger partial charge in [0.15, 0.2) is 0 Å². The first-order valence-electron chi connectivity index (χ1n) is 8.34. The number of halogens is 1. The molecule has 1 saturated heterocycles. The van der Waals surface area contributed by atoms with Crippen LogP contribution in [0.25, 0.3) is 6.08 Å². The highest BCUT2D eigenvalue weighted by molar-refractivity contribution is 8.18. The molecule has 0 spiro atoms. The number of amides is 3. The van der Waals surface area contributed by atoms with E-state index in [1.807, 2.05) is 0 Å². The maximum atomic E-state index is 13.7. The molecule has 1 aromatic rings. The van der Waals surface area contributed by atoms with Crippen LogP contribution in [0.5, 0.6) is 0 Å². The van der Waals surface area contributed by atoms with Crippen LogP contribution in [-0.2, 0) is 9.59 Å². The number of hydrogen-bond donors (Lipinski definition) is 1. The Hall–Kier alpha value is -2.15. The molecule has 1 aliphatic heterocycles. The first-order valence-corrected chi connectivity index (χ1v) is 9.15. The van der Waals surface area contributed by atoms with Gasteiger partial charge in [0.2, 0.25) is 5.91 Å². The van der Waals surface area contributed by atoms with Crippen LogP contribution < -0.4 is 5.32 Å². The summed E-state index contributed by atoms with van der Waals surface area (Å²) in [7, 11) is 0. The van der Waals surface area contributed by atoms with Gasteiger partial charge in [-0.15, -0.1) is 0 Å². The van der Waals surface area contributed by atoms with Gasteiger partial charge in [-0.05, 0) is 36.7 Å². The Morgan fingerprint density at radius 1 is 1.28 bits per heavy atom. The number of rotatable bonds is 5. The Morgan fingerprint density at radius 3 is 2.72 bits per heavy atom. The summed E-state index contributed by atoms with van der Waals surface area (Å²) in [5, 5.41) is 2.39. The van der Waals surface area contributed by atoms with E-state index in [4.69, 9.17) is 0 Å². The summed E-state index contributed by atoms with van der Waals surface area (Å²) in [4.78, 5) is 37.6. The predicted octanol–water partition coefficient (Wildman–Crippen LogP) is 3.17. The molecule has 25 heavy (non-hydrogen) atoms. The number of carbonyl (C=O) groups excluding carboxylic acids is 3. The summed E-state index contributed by atoms with van der Waals surface area (Å²) in [6.07, 6.45) is 5.33. The molecule has 0 radical (unpaired) electrons. The largest absolute Gasteiger partial charge is 0.354 e. The Morgan fingerprint density at radius 2 is 2.00 bits per heavy atom. The van der Waals surface area contributed by atoms with Gasteiger partial charge in [0, 0.05) is 24.6 Å². The van der Waals surface area contributed by atoms with Gasteiger partial charge >= 0.3 is 0 Å². The van der Waals surface area contributed by atoms with Crippen LogP contribution >= 0.6 is 11.8 Å². The van der Waals surface area contributed by atoms with Crippen molar-refractivity contribution in [2.75, 3.05) is 13.1 Å². The van der Waals surface area contributed by atoms with Gasteiger partial charge in [0.05, 0.1) is 4.91 Å². The highest BCUT2D eigenvalue weighted by Crippen LogP contribution is 2.32. The minimum Gasteiger partial charge on any atom is -0.354 e. The van der Waals surface area contributed by atoms with E-state index in [1.54, 1.807) is 18.2 Å². The van der Waals surface area contributed by atoms with Gasteiger partial charge in [-0.25, -0.2) is 4.39 Å². The van der Waals surface area contributed by atoms with Gasteiger partial charge < -0.3 is 5.32 Å². The van der Waals surface area contributed by atoms with Gasteiger partial charge in [-0.2, -0.15) is 0 Å². The van der Waals surface area contributed by atoms with Crippen molar-refractivity contribution in [2.45, 2.75) is 25.7 Å². The Balaban J connectivity index is 1.58. The number of nitrogens with one attached hydrogen (secondary N) is 1. The van der Waals surface area contributed by atoms with E-state index in [9.17, 15) is 18.8 Å². The van der Waals surface area contributed by atoms with Gasteiger partial charge in [-0.3, -0.25) is 19.3 Å². The summed E-state index contributed by atoms with van der Waals surface area (Å²) in [5.74, 6) is -0.853. The molecule has 2 fully saturated rings. The van der Waals surface area contributed by atoms with Crippen molar-refractivity contribution in [1.82, 2.24) is 10.2 Å². The van der Waals surface area contributed by atoms with Crippen LogP contribution in [0, 0.1) is 11.7 Å². The fraction of sp³-hybridized carbons (Fsp3) is 0.389. The standard InChI is InChI=1S/C18H19FN2O3S/c19-14-8-4-3-7-13(14)11-15-17(23)21(18(24)25-15)10-9-20-16(22)12-5-1-2-6-12/h3-4,7-8,11-12H,1-2,5-6,9-10H2,(H,20,22). The summed E-state index contributed by atoms with van der Waals surface area (Å²) in [5.41, 5.74) is 0.266. The molecule has 1 aromatic carbocycles. The van der Waals surface area contributed by atoms with E-state index in [0.717, 1.165) is 42.3 Å². The molecule has 1 N–H and O–H groups in total. The van der Waals surface area contributed by atoms with Crippen molar-refractivity contribution in [1.29, 1.82) is 0 Å². The zero-order chi connectivity index (χ0) is 17.8. The molecular weight excluding hydrogens is 343 g/mol. The number of imide groups is 1. The number of nitrogens with zero attached hydrogens (tertiary/aromatic N) is 1. The van der Waals surface area contributed by atoms with Gasteiger partial charge in [0.1, 0.15) is 5.82 Å². The van der Waals surface area contributed by atoms with Crippen LogP contribution in [-0.4, -0.2) is 35.0 Å². The molecule has 5 nitrogen and oxygen atoms in total. The van der Waals surface area contributed by atoms with Crippen molar-refractivity contribution < 1.29 is 18.8 Å². The number of carbonyl (C=O) groups is 3. The van der Waals surface area contributed by atoms with E-state index >= 15 is 0 Å². The second-order valence-corrected chi connectivity index (χ2v) is 7.12. The van der Waals surface area contributed by atoms with Crippen molar-refractivity contribution in [3.8, 4) is 0 Å². The van der Waals surface area contributed by atoms with Crippen LogP contribution in [0.4, 0.5) is 9.18 Å². The lowest BCUT2D eigenvalue weighted by Gasteiger charge is -2.14. The van der Waals surface area contributed by atoms with E-state index in [1.165, 1.54) is 12.1 Å². The van der Waals surface area contributed by atoms with Crippen molar-refractivity contribution in [3.63, 3.8) is 0 Å². The summed E-state index contributed by atoms with van der Waals surface area (Å²) in [6, 6.07) is 6.07. The molecule has 0 bridgehead atoms. The monoisotopic (exact) mass is 362 g/mol. The molecule has 1 heterocycles. The zero-order valence-corrected chi connectivity index (χ0v) is 14.5. The number of hydrogen-bond acceptors (Lipinski definition) is 4. The van der Waals surface area contributed by atoms with E-state index in [-0.39, 0.29) is 35.4 Å². The fourth-order valence-electron chi connectivity index (χ4n) is 3.05. The molecule has 7 heteroatoms. The summed E-state index contributed by atoms with van der Waals surface area (Å²) in [6.45, 7) is 0.359. The molecular formula is C18H19FN2O3S. The molecule has 0 unspecified atom stereocenters. The highest BCUT2D eigenvalue weighted by Gasteiger charge is 2.35. The lowest BCUT2D eigenvalue weighted by Crippen LogP contribution is -2.39. The molecule has 3 rings (SSSR count). The first kappa shape index (κ1) is 17.7. The average Bonchev–Trinajstić information content (AvgIpc) is 3.21. The van der Waals surface area contributed by atoms with Crippen molar-refractivity contribution in [3.05, 3.63) is 40.6 Å². The highest BCUT2D eigenvalue weighted by atomic mass is 32.2. The van der Waals surface area contributed by atoms with E-state index in [2.05, 4.69) is 5.32 Å². The van der Waals surface area contributed by atoms with E-state index in [0.29, 0.717) is 0 Å². The smallest absolute Gasteiger partial charge is 0.293 e. The lowest BCUT2D eigenvalue weighted by atomic mass is 10.1. The minimum absolute atomic E-state index is 0.00799. The van der Waals surface area contributed by atoms with Crippen LogP contribution in [0.3, 0.4) is 0 Å². The second kappa shape index (κ2) is 7.82. The second-order valence-electron chi connectivity index (χ2n) is 6.13. The quantitative estimate of drug-likeness (QED) is 0.817. The van der Waals surface area contributed by atoms with Crippen LogP contribution in [0.2, 0.25) is 0 Å². The predicted molar refractivity (Wildman–Crippen MR) is 94.0 cm³/mol. The third-order valence-corrected chi connectivity index (χ3v) is 5.33. The Bertz CT molecular complexity index is 729. The molecule has 1 aliphatic carbocycles. The Kier molecular flexibility index (Phi) is 5.53. The van der Waals surface area contributed by atoms with Gasteiger partial charge in [0.25, 0.3) is 11.1 Å². The molecule has 3 amide bonds. The summed E-state index contributed by atoms with van der Waals surface area (Å²) >= 11 is 0.789. The molecule has 0 aromatic heterocycles. The van der Waals surface area contributed by atoms with Gasteiger partial charge in [-0.1, -0.05) is 31.0 Å². The summed E-state index contributed by atoms with van der Waals surface area (Å²) < 4.78 is 13.7. The third kappa shape index (κ3) is 4.10.